The van der Waals surface area contributed by atoms with Gasteiger partial charge in [-0.2, -0.15) is 0 Å². The van der Waals surface area contributed by atoms with E-state index in [0.717, 1.165) is 0 Å². The number of amides is 1. The van der Waals surface area contributed by atoms with Gasteiger partial charge in [0.15, 0.2) is 0 Å². The van der Waals surface area contributed by atoms with Crippen LogP contribution in [-0.4, -0.2) is 49.1 Å². The standard InChI is InChI=1S/C14H27NO5/c1-10(2)8-19-12(16)11(3)15(9-18-7)13(17)20-14(4,5)6/h10-11H,8-9H2,1-7H3/t11-/m0/s1. The van der Waals surface area contributed by atoms with E-state index in [1.165, 1.54) is 12.0 Å². The van der Waals surface area contributed by atoms with E-state index in [0.29, 0.717) is 6.61 Å². The number of hydrogen-bond acceptors (Lipinski definition) is 5. The van der Waals surface area contributed by atoms with E-state index in [1.54, 1.807) is 27.7 Å². The third-order valence-corrected chi connectivity index (χ3v) is 2.26. The molecular weight excluding hydrogens is 262 g/mol. The Morgan fingerprint density at radius 3 is 2.10 bits per heavy atom. The van der Waals surface area contributed by atoms with Crippen molar-refractivity contribution in [3.05, 3.63) is 0 Å². The first-order chi connectivity index (χ1) is 9.08. The third-order valence-electron chi connectivity index (χ3n) is 2.26. The molecule has 0 aromatic carbocycles. The van der Waals surface area contributed by atoms with Gasteiger partial charge in [0.1, 0.15) is 18.4 Å². The predicted octanol–water partition coefficient (Wildman–Crippen LogP) is 2.42. The monoisotopic (exact) mass is 289 g/mol. The average Bonchev–Trinajstić information content (AvgIpc) is 2.29. The fourth-order valence-electron chi connectivity index (χ4n) is 1.28. The van der Waals surface area contributed by atoms with E-state index in [-0.39, 0.29) is 12.6 Å². The molecule has 0 unspecified atom stereocenters. The lowest BCUT2D eigenvalue weighted by molar-refractivity contribution is -0.152. The molecule has 1 amide bonds. The Kier molecular flexibility index (Phi) is 7.57. The van der Waals surface area contributed by atoms with Crippen LogP contribution in [-0.2, 0) is 19.0 Å². The summed E-state index contributed by atoms with van der Waals surface area (Å²) in [7, 11) is 1.45. The molecule has 0 spiro atoms. The number of carbonyl (C=O) groups excluding carboxylic acids is 2. The number of hydrogen-bond donors (Lipinski definition) is 0. The second-order valence-electron chi connectivity index (χ2n) is 6.07. The summed E-state index contributed by atoms with van der Waals surface area (Å²) in [5.74, 6) is -0.231. The normalized spacial score (nSPS) is 13.0. The maximum Gasteiger partial charge on any atom is 0.412 e. The van der Waals surface area contributed by atoms with Gasteiger partial charge in [-0.25, -0.2) is 9.59 Å². The van der Waals surface area contributed by atoms with Crippen molar-refractivity contribution in [3.63, 3.8) is 0 Å². The molecule has 0 aliphatic heterocycles. The zero-order valence-electron chi connectivity index (χ0n) is 13.6. The van der Waals surface area contributed by atoms with Crippen LogP contribution in [0.5, 0.6) is 0 Å². The largest absolute Gasteiger partial charge is 0.464 e. The van der Waals surface area contributed by atoms with Gasteiger partial charge in [0.25, 0.3) is 0 Å². The maximum atomic E-state index is 12.0. The maximum absolute atomic E-state index is 12.0. The highest BCUT2D eigenvalue weighted by atomic mass is 16.6. The summed E-state index contributed by atoms with van der Waals surface area (Å²) in [5.41, 5.74) is -0.634. The molecule has 0 aromatic heterocycles. The van der Waals surface area contributed by atoms with Crippen LogP contribution in [0.2, 0.25) is 0 Å². The SMILES string of the molecule is COCN(C(=O)OC(C)(C)C)[C@@H](C)C(=O)OCC(C)C. The lowest BCUT2D eigenvalue weighted by atomic mass is 10.2. The van der Waals surface area contributed by atoms with Crippen LogP contribution < -0.4 is 0 Å². The third kappa shape index (κ3) is 7.33. The Hall–Kier alpha value is -1.30. The minimum absolute atomic E-state index is 0.0349. The van der Waals surface area contributed by atoms with Crippen molar-refractivity contribution in [2.45, 2.75) is 53.2 Å². The van der Waals surface area contributed by atoms with Gasteiger partial charge in [0, 0.05) is 7.11 Å². The molecule has 0 fully saturated rings. The van der Waals surface area contributed by atoms with Crippen LogP contribution in [0.25, 0.3) is 0 Å². The minimum Gasteiger partial charge on any atom is -0.464 e. The number of methoxy groups -OCH3 is 1. The van der Waals surface area contributed by atoms with E-state index in [2.05, 4.69) is 0 Å². The second kappa shape index (κ2) is 8.09. The molecule has 118 valence electrons. The van der Waals surface area contributed by atoms with E-state index >= 15 is 0 Å². The topological polar surface area (TPSA) is 65.1 Å². The molecule has 6 nitrogen and oxygen atoms in total. The number of esters is 1. The average molecular weight is 289 g/mol. The highest BCUT2D eigenvalue weighted by molar-refractivity contribution is 5.81. The van der Waals surface area contributed by atoms with Gasteiger partial charge in [-0.3, -0.25) is 4.90 Å². The Balaban J connectivity index is 4.72. The summed E-state index contributed by atoms with van der Waals surface area (Å²) in [6, 6.07) is -0.761. The Labute approximate surface area is 121 Å². The first-order valence-electron chi connectivity index (χ1n) is 6.73. The van der Waals surface area contributed by atoms with E-state index in [4.69, 9.17) is 14.2 Å². The number of nitrogens with zero attached hydrogens (tertiary/aromatic N) is 1. The molecule has 0 aliphatic carbocycles. The van der Waals surface area contributed by atoms with Crippen molar-refractivity contribution in [3.8, 4) is 0 Å². The van der Waals surface area contributed by atoms with Gasteiger partial charge in [-0.1, -0.05) is 13.8 Å². The van der Waals surface area contributed by atoms with Crippen LogP contribution >= 0.6 is 0 Å². The van der Waals surface area contributed by atoms with E-state index in [1.807, 2.05) is 13.8 Å². The molecule has 20 heavy (non-hydrogen) atoms. The van der Waals surface area contributed by atoms with Crippen LogP contribution in [0.15, 0.2) is 0 Å². The van der Waals surface area contributed by atoms with Crippen molar-refractivity contribution in [1.29, 1.82) is 0 Å². The minimum atomic E-state index is -0.761. The summed E-state index contributed by atoms with van der Waals surface area (Å²) in [5, 5.41) is 0. The van der Waals surface area contributed by atoms with Crippen molar-refractivity contribution in [2.24, 2.45) is 5.92 Å². The lowest BCUT2D eigenvalue weighted by Crippen LogP contribution is -2.47. The van der Waals surface area contributed by atoms with Crippen LogP contribution in [0, 0.1) is 5.92 Å². The Bertz CT molecular complexity index is 322. The number of rotatable bonds is 6. The van der Waals surface area contributed by atoms with Crippen molar-refractivity contribution >= 4 is 12.1 Å². The predicted molar refractivity (Wildman–Crippen MR) is 75.2 cm³/mol. The summed E-state index contributed by atoms with van der Waals surface area (Å²) < 4.78 is 15.3. The lowest BCUT2D eigenvalue weighted by Gasteiger charge is -2.30. The van der Waals surface area contributed by atoms with Crippen LogP contribution in [0.4, 0.5) is 4.79 Å². The quantitative estimate of drug-likeness (QED) is 0.555. The van der Waals surface area contributed by atoms with Crippen molar-refractivity contribution < 1.29 is 23.8 Å². The first kappa shape index (κ1) is 18.7. The van der Waals surface area contributed by atoms with Gasteiger partial charge < -0.3 is 14.2 Å². The van der Waals surface area contributed by atoms with Gasteiger partial charge in [0.2, 0.25) is 0 Å². The molecule has 0 saturated heterocycles. The zero-order chi connectivity index (χ0) is 15.9. The highest BCUT2D eigenvalue weighted by Gasteiger charge is 2.30. The molecule has 0 aromatic rings. The molecule has 0 rings (SSSR count). The van der Waals surface area contributed by atoms with Gasteiger partial charge in [-0.05, 0) is 33.6 Å². The molecule has 6 heteroatoms. The number of carbonyl (C=O) groups is 2. The van der Waals surface area contributed by atoms with Gasteiger partial charge in [-0.15, -0.1) is 0 Å². The fourth-order valence-corrected chi connectivity index (χ4v) is 1.28. The zero-order valence-corrected chi connectivity index (χ0v) is 13.6. The summed E-state index contributed by atoms with van der Waals surface area (Å²) in [4.78, 5) is 25.2. The second-order valence-corrected chi connectivity index (χ2v) is 6.07. The number of ether oxygens (including phenoxy) is 3. The molecule has 1 atom stereocenters. The summed E-state index contributed by atoms with van der Waals surface area (Å²) in [6.07, 6.45) is -0.603. The van der Waals surface area contributed by atoms with Gasteiger partial charge in [0.05, 0.1) is 6.61 Å². The molecule has 0 aliphatic rings. The van der Waals surface area contributed by atoms with E-state index in [9.17, 15) is 9.59 Å². The molecule has 0 bridgehead atoms. The summed E-state index contributed by atoms with van der Waals surface area (Å²) in [6.45, 7) is 11.0. The van der Waals surface area contributed by atoms with Crippen molar-refractivity contribution in [2.75, 3.05) is 20.4 Å². The highest BCUT2D eigenvalue weighted by Crippen LogP contribution is 2.13. The fraction of sp³-hybridized carbons (Fsp3) is 0.857. The Morgan fingerprint density at radius 1 is 1.15 bits per heavy atom. The molecule has 0 radical (unpaired) electrons. The Morgan fingerprint density at radius 2 is 1.70 bits per heavy atom. The summed E-state index contributed by atoms with van der Waals surface area (Å²) >= 11 is 0. The van der Waals surface area contributed by atoms with Gasteiger partial charge >= 0.3 is 12.1 Å². The van der Waals surface area contributed by atoms with Crippen LogP contribution in [0.3, 0.4) is 0 Å². The molecule has 0 heterocycles. The molecule has 0 N–H and O–H groups in total. The first-order valence-corrected chi connectivity index (χ1v) is 6.73. The molecular formula is C14H27NO5. The van der Waals surface area contributed by atoms with Crippen LogP contribution in [0.1, 0.15) is 41.5 Å². The molecule has 0 saturated carbocycles. The van der Waals surface area contributed by atoms with Crippen molar-refractivity contribution in [1.82, 2.24) is 4.90 Å². The smallest absolute Gasteiger partial charge is 0.412 e. The van der Waals surface area contributed by atoms with E-state index < -0.39 is 23.7 Å².